The molecule has 0 unspecified atom stereocenters. The van der Waals surface area contributed by atoms with Gasteiger partial charge in [0.1, 0.15) is 0 Å². The molecule has 0 spiro atoms. The Morgan fingerprint density at radius 3 is 1.62 bits per heavy atom. The molecule has 2 amide bonds. The zero-order valence-electron chi connectivity index (χ0n) is 16.0. The van der Waals surface area contributed by atoms with Gasteiger partial charge in [-0.15, -0.1) is 0 Å². The van der Waals surface area contributed by atoms with Gasteiger partial charge in [-0.2, -0.15) is 10.2 Å². The van der Waals surface area contributed by atoms with Crippen LogP contribution in [0.4, 0.5) is 0 Å². The molecule has 0 saturated heterocycles. The minimum absolute atomic E-state index is 0.0285. The first-order chi connectivity index (χ1) is 14.0. The summed E-state index contributed by atoms with van der Waals surface area (Å²) < 4.78 is 5.28. The van der Waals surface area contributed by atoms with Crippen LogP contribution in [-0.2, 0) is 0 Å². The number of nitrogens with zero attached hydrogens (tertiary/aromatic N) is 2. The van der Waals surface area contributed by atoms with Crippen LogP contribution in [0.25, 0.3) is 0 Å². The van der Waals surface area contributed by atoms with Crippen LogP contribution in [0.5, 0.6) is 0 Å². The van der Waals surface area contributed by atoms with Gasteiger partial charge in [-0.3, -0.25) is 9.59 Å². The van der Waals surface area contributed by atoms with E-state index in [1.807, 2.05) is 62.4 Å². The van der Waals surface area contributed by atoms with Crippen molar-refractivity contribution in [3.63, 3.8) is 0 Å². The normalized spacial score (nSPS) is 11.1. The number of hydrogen-bond donors (Lipinski definition) is 2. The summed E-state index contributed by atoms with van der Waals surface area (Å²) in [7, 11) is 0. The Balaban J connectivity index is 1.55. The molecule has 146 valence electrons. The first-order valence-corrected chi connectivity index (χ1v) is 8.91. The van der Waals surface area contributed by atoms with Crippen LogP contribution in [0, 0.1) is 13.8 Å². The number of hydrogen-bond acceptors (Lipinski definition) is 5. The van der Waals surface area contributed by atoms with Crippen molar-refractivity contribution in [1.82, 2.24) is 10.9 Å². The Morgan fingerprint density at radius 2 is 1.21 bits per heavy atom. The SMILES string of the molecule is Cc1cccc(/C=N/NC(=O)c2ccc(C(=O)N/N=C/c3cccc(C)c3)o2)c1. The highest BCUT2D eigenvalue weighted by Crippen LogP contribution is 2.08. The monoisotopic (exact) mass is 388 g/mol. The molecule has 0 radical (unpaired) electrons. The van der Waals surface area contributed by atoms with Crippen molar-refractivity contribution in [3.05, 3.63) is 94.4 Å². The molecule has 7 heteroatoms. The highest BCUT2D eigenvalue weighted by molar-refractivity contribution is 5.96. The zero-order valence-corrected chi connectivity index (χ0v) is 16.0. The van der Waals surface area contributed by atoms with E-state index in [2.05, 4.69) is 21.1 Å². The minimum Gasteiger partial charge on any atom is -0.446 e. The fourth-order valence-electron chi connectivity index (χ4n) is 2.52. The van der Waals surface area contributed by atoms with Gasteiger partial charge in [0.15, 0.2) is 11.5 Å². The summed E-state index contributed by atoms with van der Waals surface area (Å²) >= 11 is 0. The lowest BCUT2D eigenvalue weighted by Gasteiger charge is -1.98. The molecule has 1 heterocycles. The smallest absolute Gasteiger partial charge is 0.307 e. The molecule has 3 rings (SSSR count). The largest absolute Gasteiger partial charge is 0.446 e. The fourth-order valence-corrected chi connectivity index (χ4v) is 2.52. The van der Waals surface area contributed by atoms with Gasteiger partial charge in [0.05, 0.1) is 12.4 Å². The summed E-state index contributed by atoms with van der Waals surface area (Å²) in [4.78, 5) is 24.2. The second-order valence-corrected chi connectivity index (χ2v) is 6.39. The molecule has 0 saturated carbocycles. The van der Waals surface area contributed by atoms with Crippen molar-refractivity contribution in [2.75, 3.05) is 0 Å². The van der Waals surface area contributed by atoms with E-state index in [1.165, 1.54) is 24.6 Å². The third-order valence-electron chi connectivity index (χ3n) is 3.90. The standard InChI is InChI=1S/C22H20N4O3/c1-15-5-3-7-17(11-15)13-23-25-21(27)19-9-10-20(29-19)22(28)26-24-14-18-8-4-6-16(2)12-18/h3-14H,1-2H3,(H,25,27)(H,26,28)/b23-13+,24-14+. The first-order valence-electron chi connectivity index (χ1n) is 8.91. The first kappa shape index (κ1) is 19.8. The lowest BCUT2D eigenvalue weighted by atomic mass is 10.2. The summed E-state index contributed by atoms with van der Waals surface area (Å²) in [6, 6.07) is 18.1. The van der Waals surface area contributed by atoms with Crippen molar-refractivity contribution in [3.8, 4) is 0 Å². The van der Waals surface area contributed by atoms with Gasteiger partial charge in [0.25, 0.3) is 0 Å². The van der Waals surface area contributed by atoms with Gasteiger partial charge in [-0.1, -0.05) is 59.7 Å². The topological polar surface area (TPSA) is 96.1 Å². The molecule has 0 aliphatic carbocycles. The quantitative estimate of drug-likeness (QED) is 0.500. The summed E-state index contributed by atoms with van der Waals surface area (Å²) in [5, 5.41) is 7.79. The van der Waals surface area contributed by atoms with Crippen LogP contribution in [0.1, 0.15) is 43.4 Å². The number of benzene rings is 2. The van der Waals surface area contributed by atoms with Crippen molar-refractivity contribution >= 4 is 24.2 Å². The third kappa shape index (κ3) is 5.74. The fraction of sp³-hybridized carbons (Fsp3) is 0.0909. The van der Waals surface area contributed by atoms with Crippen LogP contribution in [0.2, 0.25) is 0 Å². The summed E-state index contributed by atoms with van der Waals surface area (Å²) in [5.41, 5.74) is 8.62. The van der Waals surface area contributed by atoms with E-state index in [0.29, 0.717) is 0 Å². The van der Waals surface area contributed by atoms with E-state index in [1.54, 1.807) is 0 Å². The molecule has 0 bridgehead atoms. The highest BCUT2D eigenvalue weighted by atomic mass is 16.4. The number of carbonyl (C=O) groups excluding carboxylic acids is 2. The van der Waals surface area contributed by atoms with Crippen LogP contribution in [0.15, 0.2) is 75.3 Å². The Kier molecular flexibility index (Phi) is 6.32. The molecule has 0 fully saturated rings. The maximum atomic E-state index is 12.1. The summed E-state index contributed by atoms with van der Waals surface area (Å²) in [5.74, 6) is -1.18. The van der Waals surface area contributed by atoms with Gasteiger partial charge >= 0.3 is 11.8 Å². The number of carbonyl (C=O) groups is 2. The van der Waals surface area contributed by atoms with Gasteiger partial charge < -0.3 is 4.42 Å². The maximum Gasteiger partial charge on any atom is 0.307 e. The van der Waals surface area contributed by atoms with E-state index >= 15 is 0 Å². The van der Waals surface area contributed by atoms with Crippen molar-refractivity contribution in [2.45, 2.75) is 13.8 Å². The number of furan rings is 1. The van der Waals surface area contributed by atoms with Crippen molar-refractivity contribution in [1.29, 1.82) is 0 Å². The molecule has 0 atom stereocenters. The number of nitrogens with one attached hydrogen (secondary N) is 2. The van der Waals surface area contributed by atoms with Crippen LogP contribution >= 0.6 is 0 Å². The number of rotatable bonds is 6. The Morgan fingerprint density at radius 1 is 0.759 bits per heavy atom. The van der Waals surface area contributed by atoms with E-state index in [-0.39, 0.29) is 11.5 Å². The maximum absolute atomic E-state index is 12.1. The number of hydrazone groups is 2. The molecule has 2 N–H and O–H groups in total. The van der Waals surface area contributed by atoms with E-state index in [0.717, 1.165) is 22.3 Å². The van der Waals surface area contributed by atoms with E-state index in [4.69, 9.17) is 4.42 Å². The Hall–Kier alpha value is -4.00. The summed E-state index contributed by atoms with van der Waals surface area (Å²) in [6.07, 6.45) is 3.06. The summed E-state index contributed by atoms with van der Waals surface area (Å²) in [6.45, 7) is 3.94. The Bertz CT molecular complexity index is 999. The van der Waals surface area contributed by atoms with Crippen LogP contribution in [0.3, 0.4) is 0 Å². The molecule has 0 aliphatic rings. The number of aryl methyl sites for hydroxylation is 2. The predicted molar refractivity (Wildman–Crippen MR) is 111 cm³/mol. The molecule has 3 aromatic rings. The third-order valence-corrected chi connectivity index (χ3v) is 3.90. The molecule has 7 nitrogen and oxygen atoms in total. The molecular formula is C22H20N4O3. The lowest BCUT2D eigenvalue weighted by Crippen LogP contribution is -2.18. The lowest BCUT2D eigenvalue weighted by molar-refractivity contribution is 0.0902. The van der Waals surface area contributed by atoms with Crippen molar-refractivity contribution < 1.29 is 14.0 Å². The van der Waals surface area contributed by atoms with Gasteiger partial charge in [-0.05, 0) is 37.1 Å². The average molecular weight is 388 g/mol. The van der Waals surface area contributed by atoms with Gasteiger partial charge in [-0.25, -0.2) is 10.9 Å². The zero-order chi connectivity index (χ0) is 20.6. The molecule has 1 aromatic heterocycles. The predicted octanol–water partition coefficient (Wildman–Crippen LogP) is 3.42. The second-order valence-electron chi connectivity index (χ2n) is 6.39. The number of amides is 2. The van der Waals surface area contributed by atoms with E-state index in [9.17, 15) is 9.59 Å². The average Bonchev–Trinajstić information content (AvgIpc) is 3.18. The molecule has 0 aliphatic heterocycles. The van der Waals surface area contributed by atoms with Gasteiger partial charge in [0, 0.05) is 0 Å². The minimum atomic E-state index is -0.559. The Labute approximate surface area is 168 Å². The van der Waals surface area contributed by atoms with E-state index < -0.39 is 11.8 Å². The molecular weight excluding hydrogens is 368 g/mol. The molecule has 2 aromatic carbocycles. The van der Waals surface area contributed by atoms with Crippen LogP contribution < -0.4 is 10.9 Å². The van der Waals surface area contributed by atoms with Crippen LogP contribution in [-0.4, -0.2) is 24.2 Å². The highest BCUT2D eigenvalue weighted by Gasteiger charge is 2.15. The molecule has 29 heavy (non-hydrogen) atoms. The van der Waals surface area contributed by atoms with Crippen molar-refractivity contribution in [2.24, 2.45) is 10.2 Å². The van der Waals surface area contributed by atoms with Gasteiger partial charge in [0.2, 0.25) is 0 Å². The second kappa shape index (κ2) is 9.27.